The SMILES string of the molecule is COC(=O)c1cc(-c2nc(-c3ccc(Cl)c(Cl)c3)cs2)ccc1-c1ccc(C(=O)O)cc1.O=C(NCc1cccnc1)c1ccc(-c2ccc(-c3nc(-c4ccc(Cl)c(Cl)c4)cs3)cc2C(=O)O)cc1. The van der Waals surface area contributed by atoms with E-state index in [1.807, 2.05) is 47.2 Å². The first-order valence-electron chi connectivity index (χ1n) is 20.8. The van der Waals surface area contributed by atoms with E-state index >= 15 is 0 Å². The molecule has 0 aliphatic carbocycles. The number of ether oxygens (including phenoxy) is 1. The molecule has 1 amide bonds. The third-order valence-corrected chi connectivity index (χ3v) is 13.9. The van der Waals surface area contributed by atoms with Gasteiger partial charge in [0, 0.05) is 57.5 Å². The van der Waals surface area contributed by atoms with E-state index in [-0.39, 0.29) is 17.0 Å². The topological polar surface area (TPSA) is 169 Å². The minimum absolute atomic E-state index is 0.141. The van der Waals surface area contributed by atoms with E-state index in [1.165, 1.54) is 41.9 Å². The molecule has 0 saturated heterocycles. The zero-order valence-corrected chi connectivity index (χ0v) is 41.0. The van der Waals surface area contributed by atoms with Crippen molar-refractivity contribution < 1.29 is 34.1 Å². The molecule has 17 heteroatoms. The van der Waals surface area contributed by atoms with Crippen molar-refractivity contribution in [1.82, 2.24) is 20.3 Å². The van der Waals surface area contributed by atoms with Gasteiger partial charge in [0.15, 0.2) is 0 Å². The second-order valence-electron chi connectivity index (χ2n) is 15.2. The summed E-state index contributed by atoms with van der Waals surface area (Å²) in [5, 5.41) is 28.9. The molecule has 0 bridgehead atoms. The monoisotopic (exact) mass is 1040 g/mol. The summed E-state index contributed by atoms with van der Waals surface area (Å²) in [6.45, 7) is 0.364. The van der Waals surface area contributed by atoms with Crippen LogP contribution < -0.4 is 5.32 Å². The fraction of sp³-hybridized carbons (Fsp3) is 0.0377. The van der Waals surface area contributed by atoms with E-state index in [1.54, 1.807) is 97.3 Å². The molecule has 0 aliphatic rings. The molecule has 70 heavy (non-hydrogen) atoms. The van der Waals surface area contributed by atoms with Crippen LogP contribution in [0.15, 0.2) is 157 Å². The van der Waals surface area contributed by atoms with Crippen molar-refractivity contribution >= 4 is 92.9 Å². The maximum absolute atomic E-state index is 12.5. The van der Waals surface area contributed by atoms with E-state index in [4.69, 9.17) is 56.2 Å². The summed E-state index contributed by atoms with van der Waals surface area (Å²) in [5.41, 5.74) is 9.20. The Balaban J connectivity index is 0.000000191. The highest BCUT2D eigenvalue weighted by Crippen LogP contribution is 2.37. The van der Waals surface area contributed by atoms with Crippen LogP contribution in [0, 0.1) is 0 Å². The number of hydrogen-bond acceptors (Lipinski definition) is 10. The normalized spacial score (nSPS) is 10.8. The smallest absolute Gasteiger partial charge is 0.338 e. The van der Waals surface area contributed by atoms with Gasteiger partial charge in [-0.25, -0.2) is 24.4 Å². The lowest BCUT2D eigenvalue weighted by atomic mass is 9.96. The first-order valence-corrected chi connectivity index (χ1v) is 24.1. The van der Waals surface area contributed by atoms with Gasteiger partial charge in [-0.05, 0) is 94.5 Å². The van der Waals surface area contributed by atoms with Gasteiger partial charge >= 0.3 is 17.9 Å². The molecule has 6 aromatic carbocycles. The molecule has 3 heterocycles. The number of methoxy groups -OCH3 is 1. The molecule has 0 fully saturated rings. The van der Waals surface area contributed by atoms with Crippen LogP contribution in [0.5, 0.6) is 0 Å². The number of esters is 1. The van der Waals surface area contributed by atoms with Crippen molar-refractivity contribution in [2.24, 2.45) is 0 Å². The number of rotatable bonds is 12. The van der Waals surface area contributed by atoms with Gasteiger partial charge < -0.3 is 20.3 Å². The molecule has 3 N–H and O–H groups in total. The number of pyridine rings is 1. The number of nitrogens with one attached hydrogen (secondary N) is 1. The molecule has 0 radical (unpaired) electrons. The molecular formula is C53H34Cl4N4O7S2. The molecule has 9 rings (SSSR count). The largest absolute Gasteiger partial charge is 0.478 e. The van der Waals surface area contributed by atoms with Gasteiger partial charge in [0.05, 0.1) is 55.3 Å². The van der Waals surface area contributed by atoms with E-state index in [0.717, 1.165) is 38.6 Å². The number of aromatic carboxylic acids is 2. The summed E-state index contributed by atoms with van der Waals surface area (Å²) in [7, 11) is 1.32. The molecule has 9 aromatic rings. The highest BCUT2D eigenvalue weighted by molar-refractivity contribution is 7.13. The van der Waals surface area contributed by atoms with Gasteiger partial charge in [0.25, 0.3) is 5.91 Å². The Bertz CT molecular complexity index is 3420. The van der Waals surface area contributed by atoms with Crippen LogP contribution in [0.1, 0.15) is 47.0 Å². The van der Waals surface area contributed by atoms with Gasteiger partial charge in [-0.1, -0.05) is 113 Å². The minimum Gasteiger partial charge on any atom is -0.478 e. The van der Waals surface area contributed by atoms with E-state index in [9.17, 15) is 24.3 Å². The maximum Gasteiger partial charge on any atom is 0.338 e. The summed E-state index contributed by atoms with van der Waals surface area (Å²) >= 11 is 27.1. The van der Waals surface area contributed by atoms with Crippen LogP contribution in [0.2, 0.25) is 20.1 Å². The number of carboxylic acid groups (broad SMARTS) is 2. The number of carbonyl (C=O) groups excluding carboxylic acids is 2. The van der Waals surface area contributed by atoms with Crippen molar-refractivity contribution in [2.75, 3.05) is 7.11 Å². The Labute approximate surface area is 428 Å². The van der Waals surface area contributed by atoms with E-state index < -0.39 is 17.9 Å². The van der Waals surface area contributed by atoms with E-state index in [0.29, 0.717) is 70.6 Å². The zero-order chi connectivity index (χ0) is 49.5. The van der Waals surface area contributed by atoms with Crippen LogP contribution in [0.3, 0.4) is 0 Å². The number of halogens is 4. The number of amides is 1. The van der Waals surface area contributed by atoms with Gasteiger partial charge in [-0.3, -0.25) is 9.78 Å². The number of carboxylic acids is 2. The summed E-state index contributed by atoms with van der Waals surface area (Å²) < 4.78 is 4.97. The van der Waals surface area contributed by atoms with E-state index in [2.05, 4.69) is 20.3 Å². The fourth-order valence-electron chi connectivity index (χ4n) is 7.08. The molecule has 0 unspecified atom stereocenters. The lowest BCUT2D eigenvalue weighted by Crippen LogP contribution is -2.22. The van der Waals surface area contributed by atoms with Gasteiger partial charge in [-0.15, -0.1) is 22.7 Å². The average Bonchev–Trinajstić information content (AvgIpc) is 4.09. The predicted molar refractivity (Wildman–Crippen MR) is 278 cm³/mol. The zero-order valence-electron chi connectivity index (χ0n) is 36.3. The maximum atomic E-state index is 12.5. The molecule has 0 aliphatic heterocycles. The Hall–Kier alpha value is -7.23. The first kappa shape index (κ1) is 49.2. The van der Waals surface area contributed by atoms with Crippen molar-refractivity contribution in [3.8, 4) is 65.9 Å². The quantitative estimate of drug-likeness (QED) is 0.100. The van der Waals surface area contributed by atoms with Crippen LogP contribution >= 0.6 is 69.1 Å². The third-order valence-electron chi connectivity index (χ3n) is 10.7. The van der Waals surface area contributed by atoms with Crippen molar-refractivity contribution in [1.29, 1.82) is 0 Å². The van der Waals surface area contributed by atoms with Crippen LogP contribution in [-0.2, 0) is 11.3 Å². The summed E-state index contributed by atoms with van der Waals surface area (Å²) in [6, 6.07) is 38.1. The fourth-order valence-corrected chi connectivity index (χ4v) is 9.33. The van der Waals surface area contributed by atoms with Crippen molar-refractivity contribution in [3.05, 3.63) is 205 Å². The molecular weight excluding hydrogens is 1010 g/mol. The highest BCUT2D eigenvalue weighted by atomic mass is 35.5. The molecule has 0 spiro atoms. The molecule has 11 nitrogen and oxygen atoms in total. The lowest BCUT2D eigenvalue weighted by molar-refractivity contribution is 0.0599. The van der Waals surface area contributed by atoms with Crippen molar-refractivity contribution in [2.45, 2.75) is 6.54 Å². The Morgan fingerprint density at radius 2 is 1.04 bits per heavy atom. The Kier molecular flexibility index (Phi) is 15.5. The third kappa shape index (κ3) is 11.4. The number of aromatic nitrogens is 3. The van der Waals surface area contributed by atoms with Gasteiger partial charge in [0.1, 0.15) is 10.0 Å². The van der Waals surface area contributed by atoms with Crippen molar-refractivity contribution in [3.63, 3.8) is 0 Å². The second-order valence-corrected chi connectivity index (χ2v) is 18.5. The minimum atomic E-state index is -1.05. The molecule has 0 atom stereocenters. The van der Waals surface area contributed by atoms with Crippen LogP contribution in [-0.4, -0.2) is 56.1 Å². The molecule has 348 valence electrons. The number of thiazole rings is 2. The Morgan fingerprint density at radius 3 is 1.51 bits per heavy atom. The molecule has 3 aromatic heterocycles. The number of nitrogens with zero attached hydrogens (tertiary/aromatic N) is 3. The number of hydrogen-bond donors (Lipinski definition) is 3. The average molecular weight is 1040 g/mol. The van der Waals surface area contributed by atoms with Gasteiger partial charge in [0.2, 0.25) is 0 Å². The summed E-state index contributed by atoms with van der Waals surface area (Å²) in [6.07, 6.45) is 3.37. The van der Waals surface area contributed by atoms with Crippen LogP contribution in [0.25, 0.3) is 65.9 Å². The predicted octanol–water partition coefficient (Wildman–Crippen LogP) is 14.4. The first-order chi connectivity index (χ1) is 33.8. The molecule has 0 saturated carbocycles. The Morgan fingerprint density at radius 1 is 0.557 bits per heavy atom. The standard InChI is InChI=1S/C29H19Cl2N3O3S.C24H15Cl2NO4S/c30-24-10-8-20(13-25(24)31)26-16-38-28(34-26)21-7-9-22(23(12-21)29(36)37)18-3-5-19(6-4-18)27(35)33-15-17-2-1-11-32-14-17;1-31-24(30)18-10-16(6-8-17(18)13-2-4-14(5-3-13)23(28)29)22-27-21(12-32-22)15-7-9-19(25)20(26)11-15/h1-14,16H,15H2,(H,33,35)(H,36,37);2-12H,1H3,(H,28,29). The number of carbonyl (C=O) groups is 4. The second kappa shape index (κ2) is 22.0. The number of benzene rings is 6. The lowest BCUT2D eigenvalue weighted by Gasteiger charge is -2.10. The summed E-state index contributed by atoms with van der Waals surface area (Å²) in [5.74, 6) is -2.79. The summed E-state index contributed by atoms with van der Waals surface area (Å²) in [4.78, 5) is 61.7. The van der Waals surface area contributed by atoms with Gasteiger partial charge in [-0.2, -0.15) is 0 Å². The van der Waals surface area contributed by atoms with Crippen LogP contribution in [0.4, 0.5) is 0 Å². The highest BCUT2D eigenvalue weighted by Gasteiger charge is 2.19.